The molecule has 5 nitrogen and oxygen atoms in total. The van der Waals surface area contributed by atoms with Gasteiger partial charge in [0.15, 0.2) is 0 Å². The second-order valence-electron chi connectivity index (χ2n) is 1.88. The van der Waals surface area contributed by atoms with E-state index < -0.39 is 18.0 Å². The number of carboxylic acids is 2. The molecule has 0 heterocycles. The first-order valence-electron chi connectivity index (χ1n) is 2.74. The van der Waals surface area contributed by atoms with Crippen LogP contribution < -0.4 is 5.73 Å². The second kappa shape index (κ2) is 16.6. The number of aliphatic carboxylic acids is 2. The number of carboxylic acid groups (broad SMARTS) is 2. The van der Waals surface area contributed by atoms with Crippen LogP contribution in [0.25, 0.3) is 0 Å². The van der Waals surface area contributed by atoms with Gasteiger partial charge in [-0.15, -0.1) is 24.0 Å². The normalized spacial score (nSPS) is 8.93. The van der Waals surface area contributed by atoms with Crippen molar-refractivity contribution < 1.29 is 71.0 Å². The molecule has 0 amide bonds. The molecule has 4 N–H and O–H groups in total. The SMILES string of the molecule is I.N[C@@H](CCC(=O)O)C(=O)O.[Cu].[Cu].[Fe]. The third kappa shape index (κ3) is 18.9. The largest absolute Gasteiger partial charge is 0.481 e. The maximum Gasteiger partial charge on any atom is 0.320 e. The minimum atomic E-state index is -1.17. The summed E-state index contributed by atoms with van der Waals surface area (Å²) in [5, 5.41) is 16.3. The van der Waals surface area contributed by atoms with E-state index in [0.29, 0.717) is 0 Å². The number of carbonyl (C=O) groups is 2. The van der Waals surface area contributed by atoms with Gasteiger partial charge >= 0.3 is 11.9 Å². The third-order valence-electron chi connectivity index (χ3n) is 0.986. The predicted molar refractivity (Wildman–Crippen MR) is 47.9 cm³/mol. The Bertz CT molecular complexity index is 163. The summed E-state index contributed by atoms with van der Waals surface area (Å²) in [6, 6.07) is -1.06. The number of hydrogen-bond donors (Lipinski definition) is 3. The predicted octanol–water partition coefficient (Wildman–Crippen LogP) is -0.126. The van der Waals surface area contributed by atoms with Crippen LogP contribution >= 0.6 is 24.0 Å². The van der Waals surface area contributed by atoms with Gasteiger partial charge in [0.25, 0.3) is 0 Å². The zero-order valence-electron chi connectivity index (χ0n) is 6.64. The Kier molecular flexibility index (Phi) is 35.0. The van der Waals surface area contributed by atoms with Crippen LogP contribution in [0.2, 0.25) is 0 Å². The molecule has 0 aliphatic carbocycles. The fourth-order valence-corrected chi connectivity index (χ4v) is 0.402. The zero-order valence-corrected chi connectivity index (χ0v) is 12.0. The van der Waals surface area contributed by atoms with Gasteiger partial charge in [0.05, 0.1) is 0 Å². The van der Waals surface area contributed by atoms with Crippen molar-refractivity contribution >= 4 is 35.9 Å². The van der Waals surface area contributed by atoms with Gasteiger partial charge < -0.3 is 15.9 Å². The molecule has 0 aromatic carbocycles. The minimum absolute atomic E-state index is 0. The van der Waals surface area contributed by atoms with Crippen LogP contribution in [0.4, 0.5) is 0 Å². The van der Waals surface area contributed by atoms with Crippen LogP contribution in [0, 0.1) is 0 Å². The Morgan fingerprint density at radius 3 is 1.79 bits per heavy atom. The van der Waals surface area contributed by atoms with Crippen molar-refractivity contribution in [3.63, 3.8) is 0 Å². The fourth-order valence-electron chi connectivity index (χ4n) is 0.402. The van der Waals surface area contributed by atoms with Crippen LogP contribution in [0.5, 0.6) is 0 Å². The summed E-state index contributed by atoms with van der Waals surface area (Å²) in [5.74, 6) is -2.20. The molecule has 0 aromatic rings. The van der Waals surface area contributed by atoms with Gasteiger partial charge in [0.2, 0.25) is 0 Å². The molecule has 9 heteroatoms. The maximum atomic E-state index is 9.99. The maximum absolute atomic E-state index is 9.99. The van der Waals surface area contributed by atoms with E-state index in [1.165, 1.54) is 0 Å². The molecule has 0 saturated heterocycles. The van der Waals surface area contributed by atoms with Gasteiger partial charge in [-0.3, -0.25) is 9.59 Å². The molecule has 0 unspecified atom stereocenters. The third-order valence-corrected chi connectivity index (χ3v) is 0.986. The van der Waals surface area contributed by atoms with Crippen molar-refractivity contribution in [2.24, 2.45) is 5.73 Å². The van der Waals surface area contributed by atoms with E-state index in [4.69, 9.17) is 15.9 Å². The van der Waals surface area contributed by atoms with Gasteiger partial charge in [-0.25, -0.2) is 0 Å². The zero-order chi connectivity index (χ0) is 8.15. The quantitative estimate of drug-likeness (QED) is 0.403. The van der Waals surface area contributed by atoms with Crippen LogP contribution in [-0.2, 0) is 60.8 Å². The van der Waals surface area contributed by atoms with E-state index in [9.17, 15) is 9.59 Å². The first-order chi connectivity index (χ1) is 4.54. The van der Waals surface area contributed by atoms with E-state index in [1.54, 1.807) is 0 Å². The Morgan fingerprint density at radius 2 is 1.57 bits per heavy atom. The molecule has 2 radical (unpaired) electrons. The first kappa shape index (κ1) is 29.5. The molecule has 0 aromatic heterocycles. The average molecular weight is 458 g/mol. The smallest absolute Gasteiger partial charge is 0.320 e. The number of nitrogens with two attached hydrogens (primary N) is 1. The van der Waals surface area contributed by atoms with Crippen molar-refractivity contribution in [1.29, 1.82) is 0 Å². The molecule has 0 spiro atoms. The second-order valence-corrected chi connectivity index (χ2v) is 1.88. The molecule has 0 fully saturated rings. The minimum Gasteiger partial charge on any atom is -0.481 e. The molecule has 0 aliphatic heterocycles. The molecule has 1 atom stereocenters. The Morgan fingerprint density at radius 1 is 1.21 bits per heavy atom. The molecular weight excluding hydrogens is 448 g/mol. The van der Waals surface area contributed by atoms with Gasteiger partial charge in [0, 0.05) is 57.6 Å². The topological polar surface area (TPSA) is 101 Å². The van der Waals surface area contributed by atoms with Gasteiger partial charge in [0.1, 0.15) is 6.04 Å². The van der Waals surface area contributed by atoms with Crippen molar-refractivity contribution in [2.45, 2.75) is 18.9 Å². The van der Waals surface area contributed by atoms with Crippen LogP contribution in [0.1, 0.15) is 12.8 Å². The van der Waals surface area contributed by atoms with Crippen LogP contribution in [-0.4, -0.2) is 28.2 Å². The van der Waals surface area contributed by atoms with Crippen molar-refractivity contribution in [3.05, 3.63) is 0 Å². The molecule has 96 valence electrons. The molecule has 0 bridgehead atoms. The van der Waals surface area contributed by atoms with E-state index in [2.05, 4.69) is 0 Å². The van der Waals surface area contributed by atoms with E-state index in [1.807, 2.05) is 0 Å². The molecule has 14 heavy (non-hydrogen) atoms. The van der Waals surface area contributed by atoms with E-state index in [-0.39, 0.29) is 88.0 Å². The number of hydrogen-bond acceptors (Lipinski definition) is 3. The molecule has 0 aliphatic rings. The summed E-state index contributed by atoms with van der Waals surface area (Å²) in [6.45, 7) is 0. The van der Waals surface area contributed by atoms with Crippen molar-refractivity contribution in [3.8, 4) is 0 Å². The first-order valence-corrected chi connectivity index (χ1v) is 2.74. The van der Waals surface area contributed by atoms with E-state index >= 15 is 0 Å². The summed E-state index contributed by atoms with van der Waals surface area (Å²) in [7, 11) is 0. The standard InChI is InChI=1S/C5H9NO4.2Cu.Fe.HI/c6-3(5(9)10)1-2-4(7)8;;;;/h3H,1-2,6H2,(H,7,8)(H,9,10);;;;1H/t3-;;;;/m0..../s1. The van der Waals surface area contributed by atoms with Gasteiger partial charge in [-0.2, -0.15) is 0 Å². The van der Waals surface area contributed by atoms with Gasteiger partial charge in [-0.1, -0.05) is 0 Å². The number of halogens is 1. The Balaban J connectivity index is -0.0000000675. The number of rotatable bonds is 4. The summed E-state index contributed by atoms with van der Waals surface area (Å²) in [6.07, 6.45) is -0.224. The summed E-state index contributed by atoms with van der Waals surface area (Å²) >= 11 is 0. The summed E-state index contributed by atoms with van der Waals surface area (Å²) < 4.78 is 0. The Labute approximate surface area is 130 Å². The van der Waals surface area contributed by atoms with Crippen LogP contribution in [0.3, 0.4) is 0 Å². The summed E-state index contributed by atoms with van der Waals surface area (Å²) in [4.78, 5) is 19.9. The molecule has 0 saturated carbocycles. The van der Waals surface area contributed by atoms with Crippen molar-refractivity contribution in [2.75, 3.05) is 0 Å². The molecule has 0 rings (SSSR count). The van der Waals surface area contributed by atoms with Crippen molar-refractivity contribution in [1.82, 2.24) is 0 Å². The summed E-state index contributed by atoms with van der Waals surface area (Å²) in [5.41, 5.74) is 5.00. The van der Waals surface area contributed by atoms with E-state index in [0.717, 1.165) is 0 Å². The average Bonchev–Trinajstić information content (AvgIpc) is 1.82. The fraction of sp³-hybridized carbons (Fsp3) is 0.600. The monoisotopic (exact) mass is 457 g/mol. The molecular formula is C5H10Cu2FeINO4. The van der Waals surface area contributed by atoms with Crippen LogP contribution in [0.15, 0.2) is 0 Å². The Hall–Kier alpha value is 1.19. The van der Waals surface area contributed by atoms with Gasteiger partial charge in [-0.05, 0) is 6.42 Å².